The van der Waals surface area contributed by atoms with E-state index >= 15 is 0 Å². The number of hydrogen-bond acceptors (Lipinski definition) is 6. The molecule has 2 aromatic rings. The van der Waals surface area contributed by atoms with E-state index in [1.54, 1.807) is 11.3 Å². The maximum atomic E-state index is 5.73. The quantitative estimate of drug-likeness (QED) is 0.507. The highest BCUT2D eigenvalue weighted by Gasteiger charge is 2.26. The molecule has 1 aliphatic rings. The van der Waals surface area contributed by atoms with Crippen LogP contribution in [0.4, 0.5) is 0 Å². The lowest BCUT2D eigenvalue weighted by atomic mass is 10.1. The number of aromatic nitrogens is 1. The van der Waals surface area contributed by atoms with E-state index in [0.29, 0.717) is 6.04 Å². The molecule has 0 aliphatic carbocycles. The molecule has 1 saturated heterocycles. The van der Waals surface area contributed by atoms with Crippen molar-refractivity contribution in [2.75, 3.05) is 39.3 Å². The Hall–Kier alpha value is -1.48. The van der Waals surface area contributed by atoms with Crippen molar-refractivity contribution in [3.63, 3.8) is 0 Å². The number of aryl methyl sites for hydroxylation is 1. The second-order valence-corrected chi connectivity index (χ2v) is 9.27. The molecule has 3 heterocycles. The molecular formula is C20H31N5OS2. The molecule has 154 valence electrons. The molecule has 2 N–H and O–H groups in total. The Morgan fingerprint density at radius 1 is 1.46 bits per heavy atom. The number of hydrogen-bond donors (Lipinski definition) is 2. The first-order chi connectivity index (χ1) is 13.7. The summed E-state index contributed by atoms with van der Waals surface area (Å²) in [6, 6.07) is 4.64. The van der Waals surface area contributed by atoms with Crippen molar-refractivity contribution < 1.29 is 4.74 Å². The maximum Gasteiger partial charge on any atom is 0.191 e. The van der Waals surface area contributed by atoms with Crippen molar-refractivity contribution in [2.45, 2.75) is 39.3 Å². The van der Waals surface area contributed by atoms with Crippen LogP contribution in [0.15, 0.2) is 28.7 Å². The highest BCUT2D eigenvalue weighted by Crippen LogP contribution is 2.27. The Labute approximate surface area is 176 Å². The summed E-state index contributed by atoms with van der Waals surface area (Å²) in [5.41, 5.74) is 0. The number of thiazole rings is 1. The third-order valence-electron chi connectivity index (χ3n) is 4.65. The van der Waals surface area contributed by atoms with Crippen molar-refractivity contribution in [2.24, 2.45) is 4.99 Å². The predicted molar refractivity (Wildman–Crippen MR) is 119 cm³/mol. The van der Waals surface area contributed by atoms with E-state index in [4.69, 9.17) is 9.73 Å². The van der Waals surface area contributed by atoms with Crippen LogP contribution >= 0.6 is 22.7 Å². The Balaban J connectivity index is 1.62. The van der Waals surface area contributed by atoms with Gasteiger partial charge in [-0.3, -0.25) is 9.89 Å². The molecule has 0 radical (unpaired) electrons. The first-order valence-electron chi connectivity index (χ1n) is 9.98. The van der Waals surface area contributed by atoms with Crippen LogP contribution in [0.25, 0.3) is 0 Å². The number of nitrogens with one attached hydrogen (secondary N) is 2. The van der Waals surface area contributed by atoms with Gasteiger partial charge in [-0.25, -0.2) is 4.98 Å². The molecule has 3 rings (SSSR count). The van der Waals surface area contributed by atoms with Crippen LogP contribution in [-0.2, 0) is 11.2 Å². The van der Waals surface area contributed by atoms with Gasteiger partial charge in [-0.05, 0) is 32.2 Å². The van der Waals surface area contributed by atoms with E-state index in [2.05, 4.69) is 58.8 Å². The fourth-order valence-electron chi connectivity index (χ4n) is 3.32. The van der Waals surface area contributed by atoms with Crippen molar-refractivity contribution in [1.82, 2.24) is 20.5 Å². The Morgan fingerprint density at radius 2 is 2.36 bits per heavy atom. The first-order valence-corrected chi connectivity index (χ1v) is 11.7. The predicted octanol–water partition coefficient (Wildman–Crippen LogP) is 3.07. The van der Waals surface area contributed by atoms with Gasteiger partial charge < -0.3 is 15.4 Å². The van der Waals surface area contributed by atoms with Crippen LogP contribution in [0.2, 0.25) is 0 Å². The van der Waals surface area contributed by atoms with E-state index in [9.17, 15) is 0 Å². The van der Waals surface area contributed by atoms with E-state index in [1.165, 1.54) is 14.8 Å². The highest BCUT2D eigenvalue weighted by atomic mass is 32.1. The second-order valence-electron chi connectivity index (χ2n) is 6.97. The van der Waals surface area contributed by atoms with Gasteiger partial charge in [0, 0.05) is 48.6 Å². The van der Waals surface area contributed by atoms with Crippen LogP contribution in [-0.4, -0.2) is 61.3 Å². The molecule has 28 heavy (non-hydrogen) atoms. The van der Waals surface area contributed by atoms with Gasteiger partial charge in [0.1, 0.15) is 0 Å². The SMILES string of the molecule is CCNC(=NCC(c1cccs1)N1CCOC(C)C1)NCCc1ncc(C)s1. The molecular weight excluding hydrogens is 390 g/mol. The number of ether oxygens (including phenoxy) is 1. The van der Waals surface area contributed by atoms with Gasteiger partial charge in [0.05, 0.1) is 30.3 Å². The summed E-state index contributed by atoms with van der Waals surface area (Å²) >= 11 is 3.57. The molecule has 2 aromatic heterocycles. The summed E-state index contributed by atoms with van der Waals surface area (Å²) in [4.78, 5) is 14.5. The zero-order valence-corrected chi connectivity index (χ0v) is 18.6. The number of rotatable bonds is 8. The lowest BCUT2D eigenvalue weighted by molar-refractivity contribution is -0.0327. The van der Waals surface area contributed by atoms with Crippen molar-refractivity contribution in [1.29, 1.82) is 0 Å². The molecule has 8 heteroatoms. The summed E-state index contributed by atoms with van der Waals surface area (Å²) in [6.45, 7) is 11.4. The smallest absolute Gasteiger partial charge is 0.191 e. The zero-order chi connectivity index (χ0) is 19.8. The second kappa shape index (κ2) is 10.9. The molecule has 0 amide bonds. The summed E-state index contributed by atoms with van der Waals surface area (Å²) in [5.74, 6) is 0.874. The summed E-state index contributed by atoms with van der Waals surface area (Å²) in [5, 5.41) is 10.1. The van der Waals surface area contributed by atoms with Crippen molar-refractivity contribution in [3.05, 3.63) is 38.5 Å². The normalized spacial score (nSPS) is 19.5. The van der Waals surface area contributed by atoms with Gasteiger partial charge in [0.15, 0.2) is 5.96 Å². The van der Waals surface area contributed by atoms with Gasteiger partial charge in [0.2, 0.25) is 0 Å². The fourth-order valence-corrected chi connectivity index (χ4v) is 4.96. The molecule has 1 fully saturated rings. The topological polar surface area (TPSA) is 61.8 Å². The Kier molecular flexibility index (Phi) is 8.27. The fraction of sp³-hybridized carbons (Fsp3) is 0.600. The van der Waals surface area contributed by atoms with Gasteiger partial charge in [-0.15, -0.1) is 22.7 Å². The molecule has 6 nitrogen and oxygen atoms in total. The first kappa shape index (κ1) is 21.2. The lowest BCUT2D eigenvalue weighted by Crippen LogP contribution is -2.44. The van der Waals surface area contributed by atoms with Crippen LogP contribution in [0, 0.1) is 6.92 Å². The van der Waals surface area contributed by atoms with Crippen LogP contribution in [0.3, 0.4) is 0 Å². The molecule has 2 unspecified atom stereocenters. The highest BCUT2D eigenvalue weighted by molar-refractivity contribution is 7.11. The van der Waals surface area contributed by atoms with Crippen LogP contribution in [0.1, 0.15) is 34.7 Å². The number of guanidine groups is 1. The van der Waals surface area contributed by atoms with Gasteiger partial charge in [0.25, 0.3) is 0 Å². The molecule has 2 atom stereocenters. The maximum absolute atomic E-state index is 5.73. The summed E-state index contributed by atoms with van der Waals surface area (Å²) in [6.07, 6.45) is 3.13. The van der Waals surface area contributed by atoms with Gasteiger partial charge in [-0.1, -0.05) is 6.07 Å². The third-order valence-corrected chi connectivity index (χ3v) is 6.60. The number of thiophene rings is 1. The molecule has 0 aromatic carbocycles. The molecule has 0 bridgehead atoms. The minimum atomic E-state index is 0.272. The van der Waals surface area contributed by atoms with Crippen molar-refractivity contribution >= 4 is 28.6 Å². The van der Waals surface area contributed by atoms with E-state index in [0.717, 1.165) is 51.7 Å². The largest absolute Gasteiger partial charge is 0.376 e. The minimum absolute atomic E-state index is 0.272. The van der Waals surface area contributed by atoms with E-state index in [1.807, 2.05) is 17.5 Å². The van der Waals surface area contributed by atoms with Gasteiger partial charge in [-0.2, -0.15) is 0 Å². The summed E-state index contributed by atoms with van der Waals surface area (Å²) < 4.78 is 5.73. The number of aliphatic imine (C=N–C) groups is 1. The Morgan fingerprint density at radius 3 is 3.04 bits per heavy atom. The van der Waals surface area contributed by atoms with Crippen LogP contribution < -0.4 is 10.6 Å². The minimum Gasteiger partial charge on any atom is -0.376 e. The van der Waals surface area contributed by atoms with Gasteiger partial charge >= 0.3 is 0 Å². The number of morpholine rings is 1. The third kappa shape index (κ3) is 6.27. The lowest BCUT2D eigenvalue weighted by Gasteiger charge is -2.36. The monoisotopic (exact) mass is 421 g/mol. The summed E-state index contributed by atoms with van der Waals surface area (Å²) in [7, 11) is 0. The van der Waals surface area contributed by atoms with E-state index < -0.39 is 0 Å². The zero-order valence-electron chi connectivity index (χ0n) is 17.0. The molecule has 1 aliphatic heterocycles. The van der Waals surface area contributed by atoms with Crippen LogP contribution in [0.5, 0.6) is 0 Å². The number of nitrogens with zero attached hydrogens (tertiary/aromatic N) is 3. The van der Waals surface area contributed by atoms with E-state index in [-0.39, 0.29) is 6.10 Å². The van der Waals surface area contributed by atoms with Crippen molar-refractivity contribution in [3.8, 4) is 0 Å². The Bertz CT molecular complexity index is 731. The average Bonchev–Trinajstić information content (AvgIpc) is 3.34. The molecule has 0 saturated carbocycles. The molecule has 0 spiro atoms. The average molecular weight is 422 g/mol. The standard InChI is InChI=1S/C20H31N5OS2/c1-4-21-20(22-8-7-19-23-12-16(3)28-19)24-13-17(18-6-5-11-27-18)25-9-10-26-15(2)14-25/h5-6,11-12,15,17H,4,7-10,13-14H2,1-3H3,(H2,21,22,24).